The maximum absolute atomic E-state index is 12.0. The number of aliphatic imine (C=N–C) groups is 1. The van der Waals surface area contributed by atoms with E-state index in [2.05, 4.69) is 46.5 Å². The molecule has 1 aromatic carbocycles. The van der Waals surface area contributed by atoms with E-state index < -0.39 is 0 Å². The number of aryl methyl sites for hydroxylation is 1. The van der Waals surface area contributed by atoms with Crippen LogP contribution in [0.2, 0.25) is 0 Å². The number of rotatable bonds is 3. The number of nitrogens with zero attached hydrogens (tertiary/aromatic N) is 2. The van der Waals surface area contributed by atoms with Gasteiger partial charge in [-0.05, 0) is 31.0 Å². The molecule has 21 heavy (non-hydrogen) atoms. The summed E-state index contributed by atoms with van der Waals surface area (Å²) in [6.45, 7) is 2.05. The van der Waals surface area contributed by atoms with Gasteiger partial charge >= 0.3 is 0 Å². The largest absolute Gasteiger partial charge is 0.304 e. The molecule has 2 heterocycles. The van der Waals surface area contributed by atoms with Crippen molar-refractivity contribution in [3.63, 3.8) is 0 Å². The van der Waals surface area contributed by atoms with Crippen LogP contribution >= 0.6 is 11.8 Å². The molecule has 3 rings (SSSR count). The predicted molar refractivity (Wildman–Crippen MR) is 85.7 cm³/mol. The normalized spacial score (nSPS) is 19.8. The molecule has 0 bridgehead atoms. The highest BCUT2D eigenvalue weighted by atomic mass is 32.2. The van der Waals surface area contributed by atoms with E-state index in [0.717, 1.165) is 5.56 Å². The Hall–Kier alpha value is -2.14. The van der Waals surface area contributed by atoms with Crippen LogP contribution in [-0.4, -0.2) is 21.3 Å². The Morgan fingerprint density at radius 2 is 2.05 bits per heavy atom. The molecule has 1 amide bonds. The van der Waals surface area contributed by atoms with E-state index in [1.807, 2.05) is 18.2 Å². The highest BCUT2D eigenvalue weighted by Crippen LogP contribution is 2.25. The fourth-order valence-electron chi connectivity index (χ4n) is 2.05. The highest BCUT2D eigenvalue weighted by Gasteiger charge is 2.30. The summed E-state index contributed by atoms with van der Waals surface area (Å²) in [5.41, 5.74) is 2.38. The van der Waals surface area contributed by atoms with Crippen molar-refractivity contribution in [3.05, 3.63) is 59.8 Å². The monoisotopic (exact) mass is 297 g/mol. The standard InChI is InChI=1S/C16H15N3OS/c1-11-5-7-12(8-6-11)10-13-15(20)19-16(21-13)18-14-4-2-3-9-17-14/h2-9,13H,10H2,1H3,(H,17,18,19,20)/t13-/m0/s1. The van der Waals surface area contributed by atoms with Crippen molar-refractivity contribution in [1.29, 1.82) is 0 Å². The van der Waals surface area contributed by atoms with Gasteiger partial charge < -0.3 is 5.32 Å². The molecule has 4 nitrogen and oxygen atoms in total. The maximum atomic E-state index is 12.0. The van der Waals surface area contributed by atoms with Crippen LogP contribution in [-0.2, 0) is 11.2 Å². The van der Waals surface area contributed by atoms with Crippen molar-refractivity contribution in [2.75, 3.05) is 0 Å². The molecule has 2 aromatic rings. The summed E-state index contributed by atoms with van der Waals surface area (Å²) in [6.07, 6.45) is 2.39. The van der Waals surface area contributed by atoms with Crippen LogP contribution < -0.4 is 5.32 Å². The minimum atomic E-state index is -0.129. The zero-order valence-corrected chi connectivity index (χ0v) is 12.4. The van der Waals surface area contributed by atoms with Crippen molar-refractivity contribution < 1.29 is 4.79 Å². The van der Waals surface area contributed by atoms with E-state index in [4.69, 9.17) is 0 Å². The van der Waals surface area contributed by atoms with E-state index in [1.165, 1.54) is 17.3 Å². The molecule has 0 unspecified atom stereocenters. The van der Waals surface area contributed by atoms with Gasteiger partial charge in [-0.25, -0.2) is 9.98 Å². The van der Waals surface area contributed by atoms with Gasteiger partial charge in [-0.15, -0.1) is 0 Å². The lowest BCUT2D eigenvalue weighted by Crippen LogP contribution is -2.25. The molecule has 1 aliphatic rings. The highest BCUT2D eigenvalue weighted by molar-refractivity contribution is 8.15. The van der Waals surface area contributed by atoms with Gasteiger partial charge in [-0.3, -0.25) is 4.79 Å². The summed E-state index contributed by atoms with van der Waals surface area (Å²) >= 11 is 1.46. The van der Waals surface area contributed by atoms with Gasteiger partial charge in [0.1, 0.15) is 0 Å². The molecule has 1 atom stereocenters. The average molecular weight is 297 g/mol. The molecule has 0 saturated carbocycles. The van der Waals surface area contributed by atoms with E-state index >= 15 is 0 Å². The number of thioether (sulfide) groups is 1. The van der Waals surface area contributed by atoms with Gasteiger partial charge in [0.2, 0.25) is 5.91 Å². The summed E-state index contributed by atoms with van der Waals surface area (Å²) in [6, 6.07) is 13.8. The first kappa shape index (κ1) is 13.8. The van der Waals surface area contributed by atoms with Crippen molar-refractivity contribution in [3.8, 4) is 0 Å². The number of aromatic nitrogens is 1. The van der Waals surface area contributed by atoms with Crippen molar-refractivity contribution >= 4 is 28.7 Å². The lowest BCUT2D eigenvalue weighted by molar-refractivity contribution is -0.118. The van der Waals surface area contributed by atoms with Crippen LogP contribution in [0.15, 0.2) is 53.7 Å². The number of hydrogen-bond donors (Lipinski definition) is 1. The first-order valence-electron chi connectivity index (χ1n) is 6.73. The Bertz CT molecular complexity index is 668. The quantitative estimate of drug-likeness (QED) is 0.948. The Labute approximate surface area is 127 Å². The summed E-state index contributed by atoms with van der Waals surface area (Å²) in [5, 5.41) is 3.31. The molecule has 1 aliphatic heterocycles. The molecule has 1 aromatic heterocycles. The molecule has 1 N–H and O–H groups in total. The van der Waals surface area contributed by atoms with E-state index in [1.54, 1.807) is 6.20 Å². The number of amidine groups is 1. The number of hydrogen-bond acceptors (Lipinski definition) is 4. The second-order valence-corrected chi connectivity index (χ2v) is 6.08. The van der Waals surface area contributed by atoms with Crippen LogP contribution in [0.25, 0.3) is 0 Å². The average Bonchev–Trinajstić information content (AvgIpc) is 2.82. The first-order chi connectivity index (χ1) is 10.2. The van der Waals surface area contributed by atoms with Crippen LogP contribution in [0.5, 0.6) is 0 Å². The topological polar surface area (TPSA) is 54.4 Å². The molecule has 0 radical (unpaired) electrons. The summed E-state index contributed by atoms with van der Waals surface area (Å²) in [5.74, 6) is 0.617. The number of carbonyl (C=O) groups is 1. The third-order valence-corrected chi connectivity index (χ3v) is 4.27. The van der Waals surface area contributed by atoms with Crippen LogP contribution in [0.3, 0.4) is 0 Å². The number of carbonyl (C=O) groups excluding carboxylic acids is 1. The molecule has 1 saturated heterocycles. The lowest BCUT2D eigenvalue weighted by atomic mass is 10.1. The third kappa shape index (κ3) is 3.49. The second kappa shape index (κ2) is 6.10. The molecule has 5 heteroatoms. The molecule has 0 aliphatic carbocycles. The Morgan fingerprint density at radius 3 is 2.76 bits per heavy atom. The maximum Gasteiger partial charge on any atom is 0.239 e. The molecular formula is C16H15N3OS. The van der Waals surface area contributed by atoms with Crippen molar-refractivity contribution in [2.45, 2.75) is 18.6 Å². The fraction of sp³-hybridized carbons (Fsp3) is 0.188. The fourth-order valence-corrected chi connectivity index (χ4v) is 3.07. The minimum absolute atomic E-state index is 0.00950. The lowest BCUT2D eigenvalue weighted by Gasteiger charge is -2.05. The van der Waals surface area contributed by atoms with E-state index in [9.17, 15) is 4.79 Å². The zero-order chi connectivity index (χ0) is 14.7. The molecule has 106 valence electrons. The van der Waals surface area contributed by atoms with Crippen molar-refractivity contribution in [1.82, 2.24) is 10.3 Å². The smallest absolute Gasteiger partial charge is 0.239 e. The van der Waals surface area contributed by atoms with Crippen LogP contribution in [0.1, 0.15) is 11.1 Å². The van der Waals surface area contributed by atoms with Gasteiger partial charge in [0.25, 0.3) is 0 Å². The van der Waals surface area contributed by atoms with Gasteiger partial charge in [0.15, 0.2) is 11.0 Å². The van der Waals surface area contributed by atoms with Crippen LogP contribution in [0.4, 0.5) is 5.82 Å². The first-order valence-corrected chi connectivity index (χ1v) is 7.61. The molecular weight excluding hydrogens is 282 g/mol. The minimum Gasteiger partial charge on any atom is -0.304 e. The predicted octanol–water partition coefficient (Wildman–Crippen LogP) is 2.85. The van der Waals surface area contributed by atoms with Gasteiger partial charge in [0.05, 0.1) is 5.25 Å². The zero-order valence-electron chi connectivity index (χ0n) is 11.6. The number of amides is 1. The second-order valence-electron chi connectivity index (χ2n) is 4.89. The van der Waals surface area contributed by atoms with E-state index in [0.29, 0.717) is 17.4 Å². The summed E-state index contributed by atoms with van der Waals surface area (Å²) < 4.78 is 0. The Kier molecular flexibility index (Phi) is 4.01. The number of nitrogens with one attached hydrogen (secondary N) is 1. The van der Waals surface area contributed by atoms with Crippen molar-refractivity contribution in [2.24, 2.45) is 4.99 Å². The number of benzene rings is 1. The molecule has 0 spiro atoms. The Morgan fingerprint density at radius 1 is 1.24 bits per heavy atom. The van der Waals surface area contributed by atoms with Crippen LogP contribution in [0, 0.1) is 6.92 Å². The van der Waals surface area contributed by atoms with Gasteiger partial charge in [-0.1, -0.05) is 47.7 Å². The molecule has 1 fully saturated rings. The Balaban J connectivity index is 1.70. The van der Waals surface area contributed by atoms with E-state index in [-0.39, 0.29) is 11.2 Å². The third-order valence-electron chi connectivity index (χ3n) is 3.18. The van der Waals surface area contributed by atoms with Gasteiger partial charge in [-0.2, -0.15) is 0 Å². The summed E-state index contributed by atoms with van der Waals surface area (Å²) in [4.78, 5) is 20.5. The van der Waals surface area contributed by atoms with Gasteiger partial charge in [0, 0.05) is 6.20 Å². The summed E-state index contributed by atoms with van der Waals surface area (Å²) in [7, 11) is 0. The number of pyridine rings is 1. The SMILES string of the molecule is Cc1ccc(C[C@@H]2S/C(=N/c3ccccn3)NC2=O)cc1.